The van der Waals surface area contributed by atoms with Crippen LogP contribution in [0.4, 0.5) is 0 Å². The topological polar surface area (TPSA) is 36.9 Å². The van der Waals surface area contributed by atoms with E-state index in [4.69, 9.17) is 18.9 Å². The summed E-state index contributed by atoms with van der Waals surface area (Å²) in [6, 6.07) is 6.40. The van der Waals surface area contributed by atoms with Crippen LogP contribution >= 0.6 is 0 Å². The van der Waals surface area contributed by atoms with E-state index in [0.717, 1.165) is 0 Å². The molecule has 0 aliphatic heterocycles. The molecular weight excluding hydrogens is 191 g/mol. The van der Waals surface area contributed by atoms with Crippen molar-refractivity contribution >= 4 is 0 Å². The van der Waals surface area contributed by atoms with Gasteiger partial charge >= 0.3 is 18.9 Å². The average Bonchev–Trinajstić information content (AvgIpc) is 2.25. The van der Waals surface area contributed by atoms with Gasteiger partial charge < -0.3 is 18.9 Å². The van der Waals surface area contributed by atoms with Crippen molar-refractivity contribution in [1.29, 1.82) is 0 Å². The van der Waals surface area contributed by atoms with Gasteiger partial charge in [-0.1, -0.05) is 6.07 Å². The number of hydrogen-bond acceptors (Lipinski definition) is 4. The van der Waals surface area contributed by atoms with Crippen molar-refractivity contribution in [2.24, 2.45) is 0 Å². The van der Waals surface area contributed by atoms with E-state index in [1.165, 1.54) is 0 Å². The maximum Gasteiger partial charge on any atom is 1.00 e. The molecule has 0 saturated carbocycles. The summed E-state index contributed by atoms with van der Waals surface area (Å²) in [7, 11) is 4.68. The van der Waals surface area contributed by atoms with Crippen LogP contribution in [0.25, 0.3) is 0 Å². The Balaban J connectivity index is 0.00000196. The molecule has 0 fully saturated rings. The molecule has 0 atom stereocenters. The Labute approximate surface area is 102 Å². The number of benzene rings is 1. The first kappa shape index (κ1) is 14.2. The van der Waals surface area contributed by atoms with Crippen molar-refractivity contribution < 1.29 is 37.8 Å². The first-order valence-electron chi connectivity index (χ1n) is 4.08. The minimum absolute atomic E-state index is 0. The molecular formula is C10H13LiO4. The number of ether oxygens (including phenoxy) is 4. The minimum Gasteiger partial charge on any atom is -0.551 e. The fourth-order valence-electron chi connectivity index (χ4n) is 0.947. The Morgan fingerprint density at radius 2 is 1.87 bits per heavy atom. The predicted molar refractivity (Wildman–Crippen MR) is 50.9 cm³/mol. The third-order valence-electron chi connectivity index (χ3n) is 1.61. The number of hydrogen-bond donors (Lipinski definition) is 0. The molecule has 0 saturated heterocycles. The van der Waals surface area contributed by atoms with Crippen LogP contribution in [0.3, 0.4) is 0 Å². The molecule has 0 radical (unpaired) electrons. The molecule has 0 aliphatic carbocycles. The van der Waals surface area contributed by atoms with E-state index in [0.29, 0.717) is 17.2 Å². The van der Waals surface area contributed by atoms with Crippen molar-refractivity contribution in [1.82, 2.24) is 0 Å². The molecule has 15 heavy (non-hydrogen) atoms. The summed E-state index contributed by atoms with van der Waals surface area (Å²) in [5, 5.41) is 0. The van der Waals surface area contributed by atoms with Crippen LogP contribution in [0, 0.1) is 6.07 Å². The van der Waals surface area contributed by atoms with Gasteiger partial charge in [-0.2, -0.15) is 0 Å². The SMILES string of the molecule is COCOc1[c-]c(OC)ccc1OC.[Li+]. The number of rotatable bonds is 5. The summed E-state index contributed by atoms with van der Waals surface area (Å²) in [5.74, 6) is 1.67. The summed E-state index contributed by atoms with van der Waals surface area (Å²) in [6.45, 7) is 0.153. The third-order valence-corrected chi connectivity index (χ3v) is 1.61. The molecule has 1 aromatic carbocycles. The maximum absolute atomic E-state index is 5.24. The fourth-order valence-corrected chi connectivity index (χ4v) is 0.947. The first-order chi connectivity index (χ1) is 6.81. The van der Waals surface area contributed by atoms with Crippen molar-refractivity contribution in [3.05, 3.63) is 18.2 Å². The smallest absolute Gasteiger partial charge is 0.551 e. The zero-order valence-corrected chi connectivity index (χ0v) is 9.49. The van der Waals surface area contributed by atoms with Gasteiger partial charge in [-0.3, -0.25) is 0 Å². The minimum atomic E-state index is 0. The molecule has 0 N–H and O–H groups in total. The van der Waals surface area contributed by atoms with Gasteiger partial charge in [0.05, 0.1) is 20.0 Å². The van der Waals surface area contributed by atoms with E-state index in [1.807, 2.05) is 0 Å². The normalized spacial score (nSPS) is 9.00. The van der Waals surface area contributed by atoms with Crippen molar-refractivity contribution in [3.63, 3.8) is 0 Å². The van der Waals surface area contributed by atoms with Crippen LogP contribution in [0.5, 0.6) is 17.2 Å². The van der Waals surface area contributed by atoms with Gasteiger partial charge in [0, 0.05) is 18.6 Å². The quantitative estimate of drug-likeness (QED) is 0.332. The predicted octanol–water partition coefficient (Wildman–Crippen LogP) is -1.51. The zero-order valence-electron chi connectivity index (χ0n) is 9.49. The van der Waals surface area contributed by atoms with Crippen molar-refractivity contribution in [2.75, 3.05) is 28.1 Å². The zero-order chi connectivity index (χ0) is 10.4. The Kier molecular flexibility index (Phi) is 7.06. The molecule has 0 aromatic heterocycles. The standard InChI is InChI=1S/C10H13O4.Li/c1-11-7-14-10-6-8(12-2)4-5-9(10)13-3;/h4-5H,7H2,1-3H3;/q-1;+1. The van der Waals surface area contributed by atoms with Gasteiger partial charge in [-0.25, -0.2) is 0 Å². The Bertz CT molecular complexity index is 291. The van der Waals surface area contributed by atoms with E-state index in [-0.39, 0.29) is 25.7 Å². The summed E-state index contributed by atoms with van der Waals surface area (Å²) in [6.07, 6.45) is 0. The molecule has 5 heteroatoms. The maximum atomic E-state index is 5.24. The molecule has 78 valence electrons. The molecule has 0 bridgehead atoms. The summed E-state index contributed by atoms with van der Waals surface area (Å²) >= 11 is 0. The van der Waals surface area contributed by atoms with E-state index < -0.39 is 0 Å². The molecule has 1 rings (SSSR count). The Morgan fingerprint density at radius 1 is 1.13 bits per heavy atom. The van der Waals surface area contributed by atoms with Crippen LogP contribution in [0.1, 0.15) is 0 Å². The number of methoxy groups -OCH3 is 3. The van der Waals surface area contributed by atoms with Crippen LogP contribution in [0.2, 0.25) is 0 Å². The average molecular weight is 204 g/mol. The fraction of sp³-hybridized carbons (Fsp3) is 0.400. The molecule has 0 aliphatic rings. The largest absolute Gasteiger partial charge is 1.00 e. The second-order valence-corrected chi connectivity index (χ2v) is 2.48. The second-order valence-electron chi connectivity index (χ2n) is 2.48. The Morgan fingerprint density at radius 3 is 2.40 bits per heavy atom. The third kappa shape index (κ3) is 4.04. The van der Waals surface area contributed by atoms with E-state index >= 15 is 0 Å². The van der Waals surface area contributed by atoms with E-state index in [2.05, 4.69) is 6.07 Å². The van der Waals surface area contributed by atoms with Gasteiger partial charge in [0.1, 0.15) is 0 Å². The van der Waals surface area contributed by atoms with E-state index in [1.54, 1.807) is 33.5 Å². The van der Waals surface area contributed by atoms with Gasteiger partial charge in [0.2, 0.25) is 0 Å². The molecule has 0 amide bonds. The van der Waals surface area contributed by atoms with Crippen molar-refractivity contribution in [2.45, 2.75) is 0 Å². The molecule has 0 spiro atoms. The van der Waals surface area contributed by atoms with Gasteiger partial charge in [-0.15, -0.1) is 12.1 Å². The summed E-state index contributed by atoms with van der Waals surface area (Å²) < 4.78 is 20.1. The van der Waals surface area contributed by atoms with Crippen molar-refractivity contribution in [3.8, 4) is 17.2 Å². The van der Waals surface area contributed by atoms with Gasteiger partial charge in [0.15, 0.2) is 6.79 Å². The Hall–Kier alpha value is -0.823. The summed E-state index contributed by atoms with van der Waals surface area (Å²) in [4.78, 5) is 0. The van der Waals surface area contributed by atoms with Gasteiger partial charge in [-0.05, 0) is 0 Å². The van der Waals surface area contributed by atoms with Gasteiger partial charge in [0.25, 0.3) is 0 Å². The first-order valence-corrected chi connectivity index (χ1v) is 4.08. The van der Waals surface area contributed by atoms with Crippen LogP contribution in [-0.2, 0) is 4.74 Å². The summed E-state index contributed by atoms with van der Waals surface area (Å²) in [5.41, 5.74) is 0. The second kappa shape index (κ2) is 7.47. The molecule has 1 aromatic rings. The molecule has 4 nitrogen and oxygen atoms in total. The molecule has 0 heterocycles. The molecule has 0 unspecified atom stereocenters. The van der Waals surface area contributed by atoms with Crippen LogP contribution in [0.15, 0.2) is 12.1 Å². The van der Waals surface area contributed by atoms with Crippen LogP contribution in [-0.4, -0.2) is 28.1 Å². The monoisotopic (exact) mass is 204 g/mol. The van der Waals surface area contributed by atoms with Crippen LogP contribution < -0.4 is 33.1 Å². The van der Waals surface area contributed by atoms with E-state index in [9.17, 15) is 0 Å².